The Balaban J connectivity index is 3.34. The van der Waals surface area contributed by atoms with Crippen molar-refractivity contribution in [3.8, 4) is 0 Å². The van der Waals surface area contributed by atoms with Crippen LogP contribution in [0.2, 0.25) is 0 Å². The summed E-state index contributed by atoms with van der Waals surface area (Å²) < 4.78 is 11.4. The van der Waals surface area contributed by atoms with Gasteiger partial charge in [-0.3, -0.25) is 19.2 Å². The van der Waals surface area contributed by atoms with Crippen LogP contribution in [0.3, 0.4) is 0 Å². The highest BCUT2D eigenvalue weighted by molar-refractivity contribution is 6.22. The van der Waals surface area contributed by atoms with Crippen molar-refractivity contribution in [2.24, 2.45) is 0 Å². The van der Waals surface area contributed by atoms with E-state index >= 15 is 0 Å². The number of carbonyl (C=O) groups is 4. The van der Waals surface area contributed by atoms with Gasteiger partial charge >= 0.3 is 0 Å². The second kappa shape index (κ2) is 11.2. The summed E-state index contributed by atoms with van der Waals surface area (Å²) in [5.41, 5.74) is 6.63. The summed E-state index contributed by atoms with van der Waals surface area (Å²) in [7, 11) is 2.64. The van der Waals surface area contributed by atoms with E-state index in [-0.39, 0.29) is 0 Å². The lowest BCUT2D eigenvalue weighted by molar-refractivity contribution is -0.208. The zero-order valence-electron chi connectivity index (χ0n) is 15.4. The molecule has 0 aromatic rings. The Morgan fingerprint density at radius 2 is 0.692 bits per heavy atom. The van der Waals surface area contributed by atoms with Gasteiger partial charge < -0.3 is 9.47 Å². The minimum atomic E-state index is -1.24. The Hall–Kier alpha value is -1.57. The van der Waals surface area contributed by atoms with E-state index in [4.69, 9.17) is 9.47 Å². The van der Waals surface area contributed by atoms with E-state index < -0.39 is 47.5 Å². The van der Waals surface area contributed by atoms with Crippen molar-refractivity contribution in [2.75, 3.05) is 0 Å². The van der Waals surface area contributed by atoms with E-state index in [2.05, 4.69) is 0 Å². The van der Waals surface area contributed by atoms with Crippen LogP contribution in [-0.4, -0.2) is 88.5 Å². The minimum absolute atomic E-state index is 0.447. The highest BCUT2D eigenvalue weighted by Gasteiger charge is 2.48. The van der Waals surface area contributed by atoms with Crippen LogP contribution in [0.15, 0.2) is 47.1 Å². The second-order valence-electron chi connectivity index (χ2n) is 5.56. The van der Waals surface area contributed by atoms with E-state index in [9.17, 15) is 19.2 Å². The highest BCUT2D eigenvalue weighted by Crippen LogP contribution is 2.25. The lowest BCUT2D eigenvalue weighted by atomic mass is 9.97. The van der Waals surface area contributed by atoms with Gasteiger partial charge in [0.05, 0.1) is 0 Å². The maximum absolute atomic E-state index is 12.4. The monoisotopic (exact) mass is 424 g/mol. The van der Waals surface area contributed by atoms with Crippen molar-refractivity contribution in [2.45, 2.75) is 24.4 Å². The van der Waals surface area contributed by atoms with Gasteiger partial charge in [-0.25, -0.2) is 0 Å². The molecule has 0 spiro atoms. The maximum atomic E-state index is 12.4. The molecule has 1 aliphatic heterocycles. The second-order valence-corrected chi connectivity index (χ2v) is 8.23. The Morgan fingerprint density at radius 1 is 0.500 bits per heavy atom. The number of ether oxygens (including phenoxy) is 2. The summed E-state index contributed by atoms with van der Waals surface area (Å²) in [6.45, 7) is 0. The van der Waals surface area contributed by atoms with E-state index in [1.807, 2.05) is 0 Å². The minimum Gasteiger partial charge on any atom is -0.352 e. The molecule has 0 amide bonds. The molecule has 4 atom stereocenters. The van der Waals surface area contributed by atoms with Crippen LogP contribution in [0, 0.1) is 0 Å². The molecule has 1 heterocycles. The van der Waals surface area contributed by atoms with E-state index in [1.165, 1.54) is 24.3 Å². The van der Waals surface area contributed by atoms with Gasteiger partial charge in [0.15, 0.2) is 47.5 Å². The summed E-state index contributed by atoms with van der Waals surface area (Å²) in [6.07, 6.45) is 0.335. The van der Waals surface area contributed by atoms with Crippen molar-refractivity contribution in [1.82, 2.24) is 0 Å². The van der Waals surface area contributed by atoms with Gasteiger partial charge in [0, 0.05) is 41.0 Å². The lowest BCUT2D eigenvalue weighted by Gasteiger charge is -2.37. The lowest BCUT2D eigenvalue weighted by Crippen LogP contribution is -2.58. The van der Waals surface area contributed by atoms with Crippen molar-refractivity contribution >= 4 is 64.1 Å². The van der Waals surface area contributed by atoms with Gasteiger partial charge in [-0.2, -0.15) is 0 Å². The predicted molar refractivity (Wildman–Crippen MR) is 114 cm³/mol. The van der Waals surface area contributed by atoms with Crippen LogP contribution >= 0.6 is 0 Å². The molecular weight excluding hydrogens is 401 g/mol. The fraction of sp³-hybridized carbons (Fsp3) is 0.250. The molecule has 10 heteroatoms. The molecule has 0 aliphatic carbocycles. The molecule has 6 nitrogen and oxygen atoms in total. The van der Waals surface area contributed by atoms with Gasteiger partial charge in [-0.15, -0.1) is 22.8 Å². The third kappa shape index (κ3) is 5.72. The maximum Gasteiger partial charge on any atom is 0.186 e. The third-order valence-corrected chi connectivity index (χ3v) is 4.92. The van der Waals surface area contributed by atoms with Crippen molar-refractivity contribution in [1.29, 1.82) is 0 Å². The van der Waals surface area contributed by atoms with Crippen LogP contribution in [0.25, 0.3) is 0 Å². The zero-order chi connectivity index (χ0) is 19.7. The van der Waals surface area contributed by atoms with Gasteiger partial charge in [-0.1, -0.05) is 0 Å². The van der Waals surface area contributed by atoms with Crippen LogP contribution in [0.5, 0.6) is 0 Å². The topological polar surface area (TPSA) is 86.7 Å². The van der Waals surface area contributed by atoms with Crippen LogP contribution in [0.1, 0.15) is 0 Å². The molecule has 1 saturated heterocycles. The van der Waals surface area contributed by atoms with Gasteiger partial charge in [0.25, 0.3) is 0 Å². The van der Waals surface area contributed by atoms with E-state index in [0.29, 0.717) is 41.0 Å². The molecule has 0 aromatic carbocycles. The largest absolute Gasteiger partial charge is 0.352 e. The van der Waals surface area contributed by atoms with Crippen LogP contribution < -0.4 is 0 Å². The first-order chi connectivity index (χ1) is 12.4. The van der Waals surface area contributed by atoms with Crippen LogP contribution in [0.4, 0.5) is 0 Å². The zero-order valence-corrected chi connectivity index (χ0v) is 23.4. The molecule has 0 aromatic heterocycles. The molecule has 1 aliphatic rings. The predicted octanol–water partition coefficient (Wildman–Crippen LogP) is -4.70. The summed E-state index contributed by atoms with van der Waals surface area (Å²) in [4.78, 5) is 49.6. The van der Waals surface area contributed by atoms with Gasteiger partial charge in [0.1, 0.15) is 0 Å². The molecule has 0 saturated carbocycles. The standard InChI is InChI=1S/C16H24O6Si4/c17-9(1-5-23)13-14(10(18)2-6-24)22-16(12(20)4-8-26)15(21-13)11(19)3-7-25/h1-8,13-16H,23-26H3. The normalized spacial score (nSPS) is 27.4. The summed E-state index contributed by atoms with van der Waals surface area (Å²) >= 11 is 0. The summed E-state index contributed by atoms with van der Waals surface area (Å²) in [6, 6.07) is 0. The Bertz CT molecular complexity index is 568. The average molecular weight is 425 g/mol. The Kier molecular flexibility index (Phi) is 9.68. The van der Waals surface area contributed by atoms with Gasteiger partial charge in [0.2, 0.25) is 0 Å². The molecule has 4 unspecified atom stereocenters. The molecule has 0 N–H and O–H groups in total. The summed E-state index contributed by atoms with van der Waals surface area (Å²) in [5.74, 6) is -1.79. The molecule has 26 heavy (non-hydrogen) atoms. The van der Waals surface area contributed by atoms with Crippen molar-refractivity contribution < 1.29 is 28.7 Å². The Morgan fingerprint density at radius 3 is 0.846 bits per heavy atom. The number of rotatable bonds is 8. The average Bonchev–Trinajstić information content (AvgIpc) is 2.61. The van der Waals surface area contributed by atoms with Crippen LogP contribution in [-0.2, 0) is 28.7 Å². The van der Waals surface area contributed by atoms with Crippen molar-refractivity contribution in [3.05, 3.63) is 47.1 Å². The fourth-order valence-corrected chi connectivity index (χ4v) is 3.82. The smallest absolute Gasteiger partial charge is 0.186 e. The van der Waals surface area contributed by atoms with E-state index in [1.54, 1.807) is 22.8 Å². The summed E-state index contributed by atoms with van der Waals surface area (Å²) in [5, 5.41) is 0. The number of hydrogen-bond donors (Lipinski definition) is 0. The molecule has 1 rings (SSSR count). The molecule has 1 fully saturated rings. The first-order valence-corrected chi connectivity index (χ1v) is 13.0. The number of ketones is 4. The SMILES string of the molecule is O=C(C=C[SiH3])C1OC(C(=O)C=C[SiH3])C(C(=O)C=C[SiH3])OC1C(=O)C=C[SiH3]. The fourth-order valence-electron chi connectivity index (χ4n) is 2.50. The third-order valence-electron chi connectivity index (χ3n) is 3.58. The number of hydrogen-bond acceptors (Lipinski definition) is 6. The molecular formula is C16H24O6Si4. The highest BCUT2D eigenvalue weighted by atomic mass is 28.2. The quantitative estimate of drug-likeness (QED) is 0.287. The van der Waals surface area contributed by atoms with Crippen molar-refractivity contribution in [3.63, 3.8) is 0 Å². The van der Waals surface area contributed by atoms with E-state index in [0.717, 1.165) is 0 Å². The van der Waals surface area contributed by atoms with Gasteiger partial charge in [-0.05, 0) is 24.3 Å². The molecule has 0 radical (unpaired) electrons. The molecule has 0 bridgehead atoms. The first kappa shape index (κ1) is 22.5. The number of carbonyl (C=O) groups excluding carboxylic acids is 4. The Labute approximate surface area is 164 Å². The molecule has 140 valence electrons. The first-order valence-electron chi connectivity index (χ1n) is 8.38.